The molecule has 1 unspecified atom stereocenters. The fourth-order valence-corrected chi connectivity index (χ4v) is 4.19. The maximum Gasteiger partial charge on any atom is 0.341 e. The van der Waals surface area contributed by atoms with Crippen molar-refractivity contribution >= 4 is 5.97 Å². The molecule has 3 rings (SSSR count). The van der Waals surface area contributed by atoms with Gasteiger partial charge < -0.3 is 9.47 Å². The van der Waals surface area contributed by atoms with Crippen LogP contribution in [-0.4, -0.2) is 18.2 Å². The Morgan fingerprint density at radius 3 is 2.52 bits per heavy atom. The van der Waals surface area contributed by atoms with Gasteiger partial charge in [0.15, 0.2) is 11.6 Å². The molecule has 1 atom stereocenters. The van der Waals surface area contributed by atoms with Crippen LogP contribution in [0.2, 0.25) is 0 Å². The van der Waals surface area contributed by atoms with Crippen molar-refractivity contribution in [3.05, 3.63) is 29.1 Å². The van der Waals surface area contributed by atoms with Gasteiger partial charge in [0.05, 0.1) is 6.10 Å². The highest BCUT2D eigenvalue weighted by Crippen LogP contribution is 2.34. The van der Waals surface area contributed by atoms with Crippen molar-refractivity contribution in [2.75, 3.05) is 0 Å². The van der Waals surface area contributed by atoms with E-state index in [-0.39, 0.29) is 23.5 Å². The van der Waals surface area contributed by atoms with E-state index in [2.05, 4.69) is 13.8 Å². The third-order valence-electron chi connectivity index (χ3n) is 5.51. The normalized spacial score (nSPS) is 26.0. The number of cyclic esters (lactones) is 1. The lowest BCUT2D eigenvalue weighted by molar-refractivity contribution is 0.0226. The van der Waals surface area contributed by atoms with Crippen LogP contribution in [0.4, 0.5) is 4.39 Å². The number of fused-ring (bicyclic) bond motifs is 1. The average molecular weight is 348 g/mol. The summed E-state index contributed by atoms with van der Waals surface area (Å²) in [6.45, 7) is 4.27. The van der Waals surface area contributed by atoms with E-state index in [4.69, 9.17) is 9.47 Å². The number of esters is 1. The van der Waals surface area contributed by atoms with Gasteiger partial charge in [0.25, 0.3) is 0 Å². The highest BCUT2D eigenvalue weighted by molar-refractivity contribution is 5.93. The van der Waals surface area contributed by atoms with Crippen molar-refractivity contribution in [1.82, 2.24) is 0 Å². The van der Waals surface area contributed by atoms with Crippen LogP contribution in [0.25, 0.3) is 0 Å². The van der Waals surface area contributed by atoms with Crippen molar-refractivity contribution in [2.45, 2.75) is 83.8 Å². The minimum Gasteiger partial charge on any atom is -0.487 e. The Morgan fingerprint density at radius 2 is 1.84 bits per heavy atom. The van der Waals surface area contributed by atoms with Crippen molar-refractivity contribution in [1.29, 1.82) is 0 Å². The molecule has 25 heavy (non-hydrogen) atoms. The van der Waals surface area contributed by atoms with Crippen LogP contribution in [0, 0.1) is 11.7 Å². The van der Waals surface area contributed by atoms with E-state index in [1.165, 1.54) is 12.8 Å². The second kappa shape index (κ2) is 8.20. The largest absolute Gasteiger partial charge is 0.487 e. The Kier molecular flexibility index (Phi) is 5.98. The minimum absolute atomic E-state index is 0.0492. The molecule has 3 nitrogen and oxygen atoms in total. The summed E-state index contributed by atoms with van der Waals surface area (Å²) in [6, 6.07) is 3.52. The van der Waals surface area contributed by atoms with Crippen molar-refractivity contribution in [3.8, 4) is 5.75 Å². The van der Waals surface area contributed by atoms with Crippen LogP contribution >= 0.6 is 0 Å². The van der Waals surface area contributed by atoms with Crippen molar-refractivity contribution in [2.24, 2.45) is 5.92 Å². The van der Waals surface area contributed by atoms with E-state index >= 15 is 0 Å². The molecule has 2 aliphatic rings. The van der Waals surface area contributed by atoms with Gasteiger partial charge >= 0.3 is 5.97 Å². The molecule has 0 radical (unpaired) electrons. The topological polar surface area (TPSA) is 35.5 Å². The van der Waals surface area contributed by atoms with Gasteiger partial charge in [0.2, 0.25) is 0 Å². The number of ether oxygens (including phenoxy) is 2. The lowest BCUT2D eigenvalue weighted by Crippen LogP contribution is -2.29. The SMILES string of the molecule is CCCC1CCC(Oc2ccc3c(c2F)C(=O)OC(CCC)C3)CC1. The van der Waals surface area contributed by atoms with E-state index in [1.54, 1.807) is 6.07 Å². The maximum atomic E-state index is 14.8. The first-order valence-electron chi connectivity index (χ1n) is 9.81. The standard InChI is InChI=1S/C21H29FO3/c1-3-5-14-7-10-16(11-8-14)24-18-12-9-15-13-17(6-4-2)25-21(23)19(15)20(18)22/h9,12,14,16-17H,3-8,10-11,13H2,1-2H3. The van der Waals surface area contributed by atoms with E-state index < -0.39 is 11.8 Å². The monoisotopic (exact) mass is 348 g/mol. The molecule has 1 fully saturated rings. The summed E-state index contributed by atoms with van der Waals surface area (Å²) in [7, 11) is 0. The summed E-state index contributed by atoms with van der Waals surface area (Å²) in [6.07, 6.45) is 8.96. The number of halogens is 1. The van der Waals surface area contributed by atoms with E-state index in [0.717, 1.165) is 50.0 Å². The van der Waals surface area contributed by atoms with E-state index in [9.17, 15) is 9.18 Å². The van der Waals surface area contributed by atoms with Crippen molar-refractivity contribution in [3.63, 3.8) is 0 Å². The highest BCUT2D eigenvalue weighted by atomic mass is 19.1. The van der Waals surface area contributed by atoms with Gasteiger partial charge in [-0.25, -0.2) is 9.18 Å². The summed E-state index contributed by atoms with van der Waals surface area (Å²) in [4.78, 5) is 12.2. The van der Waals surface area contributed by atoms with Gasteiger partial charge in [-0.3, -0.25) is 0 Å². The molecule has 138 valence electrons. The van der Waals surface area contributed by atoms with Crippen LogP contribution in [-0.2, 0) is 11.2 Å². The Labute approximate surface area is 149 Å². The summed E-state index contributed by atoms with van der Waals surface area (Å²) < 4.78 is 26.1. The first-order chi connectivity index (χ1) is 12.1. The fraction of sp³-hybridized carbons (Fsp3) is 0.667. The molecule has 0 N–H and O–H groups in total. The predicted molar refractivity (Wildman–Crippen MR) is 95.5 cm³/mol. The summed E-state index contributed by atoms with van der Waals surface area (Å²) in [5.41, 5.74) is 0.815. The molecule has 4 heteroatoms. The van der Waals surface area contributed by atoms with Crippen LogP contribution in [0.1, 0.15) is 81.1 Å². The molecule has 0 spiro atoms. The molecule has 1 heterocycles. The fourth-order valence-electron chi connectivity index (χ4n) is 4.19. The van der Waals surface area contributed by atoms with Gasteiger partial charge in [0, 0.05) is 6.42 Å². The number of benzene rings is 1. The zero-order chi connectivity index (χ0) is 17.8. The quantitative estimate of drug-likeness (QED) is 0.642. The zero-order valence-corrected chi connectivity index (χ0v) is 15.4. The third-order valence-corrected chi connectivity index (χ3v) is 5.51. The average Bonchev–Trinajstić information content (AvgIpc) is 2.59. The minimum atomic E-state index is -0.548. The van der Waals surface area contributed by atoms with Crippen LogP contribution in [0.15, 0.2) is 12.1 Å². The Hall–Kier alpha value is -1.58. The van der Waals surface area contributed by atoms with E-state index in [0.29, 0.717) is 6.42 Å². The van der Waals surface area contributed by atoms with E-state index in [1.807, 2.05) is 6.07 Å². The number of rotatable bonds is 6. The van der Waals surface area contributed by atoms with Gasteiger partial charge in [-0.05, 0) is 49.7 Å². The molecule has 0 bridgehead atoms. The maximum absolute atomic E-state index is 14.8. The first-order valence-corrected chi connectivity index (χ1v) is 9.81. The van der Waals surface area contributed by atoms with Gasteiger partial charge in [-0.15, -0.1) is 0 Å². The third kappa shape index (κ3) is 4.16. The van der Waals surface area contributed by atoms with Gasteiger partial charge in [-0.2, -0.15) is 0 Å². The van der Waals surface area contributed by atoms with Crippen LogP contribution in [0.5, 0.6) is 5.75 Å². The molecular formula is C21H29FO3. The number of carbonyl (C=O) groups excluding carboxylic acids is 1. The molecule has 1 saturated carbocycles. The second-order valence-corrected chi connectivity index (χ2v) is 7.48. The van der Waals surface area contributed by atoms with Crippen molar-refractivity contribution < 1.29 is 18.7 Å². The molecular weight excluding hydrogens is 319 g/mol. The Morgan fingerprint density at radius 1 is 1.12 bits per heavy atom. The molecule has 0 aromatic heterocycles. The smallest absolute Gasteiger partial charge is 0.341 e. The van der Waals surface area contributed by atoms with Gasteiger partial charge in [0.1, 0.15) is 11.7 Å². The van der Waals surface area contributed by atoms with Crippen LogP contribution < -0.4 is 4.74 Å². The molecule has 1 aromatic carbocycles. The lowest BCUT2D eigenvalue weighted by atomic mass is 9.84. The molecule has 1 aromatic rings. The second-order valence-electron chi connectivity index (χ2n) is 7.48. The molecule has 0 saturated heterocycles. The molecule has 0 amide bonds. The van der Waals surface area contributed by atoms with Crippen LogP contribution in [0.3, 0.4) is 0 Å². The highest BCUT2D eigenvalue weighted by Gasteiger charge is 2.31. The Balaban J connectivity index is 1.68. The summed E-state index contributed by atoms with van der Waals surface area (Å²) >= 11 is 0. The zero-order valence-electron chi connectivity index (χ0n) is 15.4. The summed E-state index contributed by atoms with van der Waals surface area (Å²) in [5, 5.41) is 0. The number of carbonyl (C=O) groups is 1. The van der Waals surface area contributed by atoms with Gasteiger partial charge in [-0.1, -0.05) is 39.2 Å². The summed E-state index contributed by atoms with van der Waals surface area (Å²) in [5.74, 6) is -0.116. The lowest BCUT2D eigenvalue weighted by Gasteiger charge is -2.30. The molecule has 1 aliphatic heterocycles. The number of hydrogen-bond donors (Lipinski definition) is 0. The number of hydrogen-bond acceptors (Lipinski definition) is 3. The first kappa shape index (κ1) is 18.2. The Bertz CT molecular complexity index is 605. The predicted octanol–water partition coefficient (Wildman–Crippen LogP) is 5.45. The molecule has 1 aliphatic carbocycles.